The van der Waals surface area contributed by atoms with Crippen LogP contribution in [0.4, 0.5) is 0 Å². The molecule has 0 bridgehead atoms. The molecule has 6 nitrogen and oxygen atoms in total. The van der Waals surface area contributed by atoms with Crippen LogP contribution >= 0.6 is 0 Å². The fraction of sp³-hybridized carbons (Fsp3) is 0.970. The van der Waals surface area contributed by atoms with Crippen LogP contribution in [-0.2, 0) is 23.9 Å². The van der Waals surface area contributed by atoms with Crippen molar-refractivity contribution in [2.24, 2.45) is 46.3 Å². The fourth-order valence-corrected chi connectivity index (χ4v) is 9.82. The van der Waals surface area contributed by atoms with Gasteiger partial charge >= 0.3 is 5.97 Å². The standard InChI is InChI=1S/C33H58O6/c1-21(2)11-10-12-22(3)26-13-14-27-25-19-29(37-30(5,6)7)38-33(39-35)20-24(36-23(4)34)15-18-32(33,9)28(25)16-17-31(26,27)8/h21-22,24-29,35H,10-20H2,1-9H3/t22-,24+,25+,26-,27+,28+,29-,31-,32-,33-/m1/s1. The van der Waals surface area contributed by atoms with Crippen molar-refractivity contribution in [2.45, 2.75) is 157 Å². The molecule has 1 aliphatic heterocycles. The number of carbonyl (C=O) groups is 1. The molecular formula is C33H58O6. The third kappa shape index (κ3) is 6.10. The van der Waals surface area contributed by atoms with Crippen LogP contribution in [0, 0.1) is 46.3 Å². The van der Waals surface area contributed by atoms with Crippen molar-refractivity contribution in [3.05, 3.63) is 0 Å². The first-order chi connectivity index (χ1) is 18.1. The van der Waals surface area contributed by atoms with Gasteiger partial charge in [-0.05, 0) is 100 Å². The van der Waals surface area contributed by atoms with E-state index in [1.807, 2.05) is 0 Å². The Balaban J connectivity index is 1.65. The number of carbonyl (C=O) groups excluding carboxylic acids is 1. The Hall–Kier alpha value is -0.690. The van der Waals surface area contributed by atoms with Gasteiger partial charge in [0.2, 0.25) is 5.79 Å². The van der Waals surface area contributed by atoms with Gasteiger partial charge in [-0.25, -0.2) is 10.1 Å². The molecule has 0 amide bonds. The van der Waals surface area contributed by atoms with Gasteiger partial charge in [0.1, 0.15) is 6.10 Å². The lowest BCUT2D eigenvalue weighted by atomic mass is 9.49. The average molecular weight is 551 g/mol. The maximum atomic E-state index is 11.8. The first kappa shape index (κ1) is 31.3. The third-order valence-electron chi connectivity index (χ3n) is 11.6. The van der Waals surface area contributed by atoms with Crippen LogP contribution in [0.3, 0.4) is 0 Å². The molecule has 6 heteroatoms. The van der Waals surface area contributed by atoms with Gasteiger partial charge in [-0.2, -0.15) is 0 Å². The molecule has 1 heterocycles. The summed E-state index contributed by atoms with van der Waals surface area (Å²) in [6.45, 7) is 19.6. The molecule has 0 aromatic carbocycles. The van der Waals surface area contributed by atoms with Crippen molar-refractivity contribution in [1.29, 1.82) is 0 Å². The summed E-state index contributed by atoms with van der Waals surface area (Å²) >= 11 is 0. The zero-order valence-corrected chi connectivity index (χ0v) is 26.4. The smallest absolute Gasteiger partial charge is 0.302 e. The van der Waals surface area contributed by atoms with E-state index in [2.05, 4.69) is 55.4 Å². The zero-order valence-electron chi connectivity index (χ0n) is 26.4. The van der Waals surface area contributed by atoms with Crippen molar-refractivity contribution in [3.8, 4) is 0 Å². The molecule has 1 saturated heterocycles. The second-order valence-corrected chi connectivity index (χ2v) is 15.7. The summed E-state index contributed by atoms with van der Waals surface area (Å²) in [4.78, 5) is 17.3. The molecule has 10 atom stereocenters. The SMILES string of the molecule is CC(=O)O[C@H]1CC[C@]2(C)[C@H]3CC[C@]4(C)[C@@H]([C@H](C)CCCC(C)C)CC[C@H]4[C@@H]3C[C@H](OC(C)(C)C)O[C@@]2(OO)C1. The fourth-order valence-electron chi connectivity index (χ4n) is 9.82. The summed E-state index contributed by atoms with van der Waals surface area (Å²) in [7, 11) is 0. The topological polar surface area (TPSA) is 74.2 Å². The molecule has 4 fully saturated rings. The van der Waals surface area contributed by atoms with E-state index in [1.165, 1.54) is 45.4 Å². The minimum Gasteiger partial charge on any atom is -0.462 e. The molecule has 0 aromatic rings. The maximum Gasteiger partial charge on any atom is 0.302 e. The quantitative estimate of drug-likeness (QED) is 0.186. The van der Waals surface area contributed by atoms with Crippen LogP contribution in [0.15, 0.2) is 0 Å². The Labute approximate surface area is 238 Å². The van der Waals surface area contributed by atoms with Crippen molar-refractivity contribution >= 4 is 5.97 Å². The van der Waals surface area contributed by atoms with E-state index in [-0.39, 0.29) is 12.1 Å². The minimum absolute atomic E-state index is 0.307. The van der Waals surface area contributed by atoms with Gasteiger partial charge < -0.3 is 14.2 Å². The van der Waals surface area contributed by atoms with Crippen molar-refractivity contribution in [3.63, 3.8) is 0 Å². The van der Waals surface area contributed by atoms with Crippen LogP contribution in [0.2, 0.25) is 0 Å². The van der Waals surface area contributed by atoms with Gasteiger partial charge in [-0.1, -0.05) is 53.9 Å². The monoisotopic (exact) mass is 550 g/mol. The van der Waals surface area contributed by atoms with Crippen molar-refractivity contribution in [1.82, 2.24) is 0 Å². The summed E-state index contributed by atoms with van der Waals surface area (Å²) in [5.74, 6) is 2.11. The van der Waals surface area contributed by atoms with E-state index in [9.17, 15) is 10.1 Å². The van der Waals surface area contributed by atoms with Crippen LogP contribution in [0.25, 0.3) is 0 Å². The Morgan fingerprint density at radius 3 is 2.36 bits per heavy atom. The second-order valence-electron chi connectivity index (χ2n) is 15.7. The van der Waals surface area contributed by atoms with E-state index in [0.29, 0.717) is 29.6 Å². The van der Waals surface area contributed by atoms with E-state index >= 15 is 0 Å². The Morgan fingerprint density at radius 1 is 1.03 bits per heavy atom. The van der Waals surface area contributed by atoms with Gasteiger partial charge in [0.25, 0.3) is 0 Å². The van der Waals surface area contributed by atoms with E-state index < -0.39 is 23.1 Å². The second kappa shape index (κ2) is 11.5. The number of hydrogen-bond acceptors (Lipinski definition) is 6. The molecule has 226 valence electrons. The van der Waals surface area contributed by atoms with E-state index in [1.54, 1.807) is 0 Å². The van der Waals surface area contributed by atoms with Gasteiger partial charge in [-0.15, -0.1) is 0 Å². The molecule has 3 aliphatic carbocycles. The number of ether oxygens (including phenoxy) is 3. The van der Waals surface area contributed by atoms with Gasteiger partial charge in [0.15, 0.2) is 6.29 Å². The number of fused-ring (bicyclic) bond motifs is 5. The lowest BCUT2D eigenvalue weighted by Gasteiger charge is -2.58. The molecule has 3 saturated carbocycles. The third-order valence-corrected chi connectivity index (χ3v) is 11.6. The Bertz CT molecular complexity index is 852. The molecular weight excluding hydrogens is 492 g/mol. The summed E-state index contributed by atoms with van der Waals surface area (Å²) in [6, 6.07) is 0. The van der Waals surface area contributed by atoms with Crippen LogP contribution in [0.1, 0.15) is 133 Å². The largest absolute Gasteiger partial charge is 0.462 e. The van der Waals surface area contributed by atoms with Crippen LogP contribution in [-0.4, -0.2) is 35.0 Å². The summed E-state index contributed by atoms with van der Waals surface area (Å²) in [6.07, 6.45) is 10.7. The van der Waals surface area contributed by atoms with Crippen molar-refractivity contribution < 1.29 is 29.1 Å². The predicted molar refractivity (Wildman–Crippen MR) is 153 cm³/mol. The number of esters is 1. The molecule has 0 radical (unpaired) electrons. The highest BCUT2D eigenvalue weighted by Gasteiger charge is 2.67. The lowest BCUT2D eigenvalue weighted by molar-refractivity contribution is -0.474. The average Bonchev–Trinajstić information content (AvgIpc) is 3.12. The number of hydrogen-bond donors (Lipinski definition) is 1. The normalized spacial score (nSPS) is 43.3. The maximum absolute atomic E-state index is 11.8. The molecule has 39 heavy (non-hydrogen) atoms. The summed E-state index contributed by atoms with van der Waals surface area (Å²) < 4.78 is 19.0. The highest BCUT2D eigenvalue weighted by molar-refractivity contribution is 5.66. The Morgan fingerprint density at radius 2 is 1.74 bits per heavy atom. The molecule has 0 aromatic heterocycles. The molecule has 0 unspecified atom stereocenters. The molecule has 1 N–H and O–H groups in total. The predicted octanol–water partition coefficient (Wildman–Crippen LogP) is 8.38. The summed E-state index contributed by atoms with van der Waals surface area (Å²) in [5, 5.41) is 10.6. The minimum atomic E-state index is -1.27. The molecule has 4 rings (SSSR count). The first-order valence-corrected chi connectivity index (χ1v) is 16.0. The number of rotatable bonds is 8. The Kier molecular flexibility index (Phi) is 9.24. The van der Waals surface area contributed by atoms with Gasteiger partial charge in [0, 0.05) is 25.2 Å². The van der Waals surface area contributed by atoms with E-state index in [0.717, 1.165) is 43.4 Å². The molecule has 4 aliphatic rings. The molecule has 0 spiro atoms. The zero-order chi connectivity index (χ0) is 28.8. The highest BCUT2D eigenvalue weighted by atomic mass is 17.2. The first-order valence-electron chi connectivity index (χ1n) is 16.0. The van der Waals surface area contributed by atoms with Crippen LogP contribution < -0.4 is 0 Å². The summed E-state index contributed by atoms with van der Waals surface area (Å²) in [5.41, 5.74) is -0.479. The van der Waals surface area contributed by atoms with Crippen LogP contribution in [0.5, 0.6) is 0 Å². The van der Waals surface area contributed by atoms with Gasteiger partial charge in [-0.3, -0.25) is 4.79 Å². The van der Waals surface area contributed by atoms with Gasteiger partial charge in [0.05, 0.1) is 5.60 Å². The van der Waals surface area contributed by atoms with E-state index in [4.69, 9.17) is 19.1 Å². The lowest BCUT2D eigenvalue weighted by Crippen LogP contribution is -2.61. The van der Waals surface area contributed by atoms with Crippen molar-refractivity contribution in [2.75, 3.05) is 0 Å². The highest BCUT2D eigenvalue weighted by Crippen LogP contribution is 2.68.